The van der Waals surface area contributed by atoms with Crippen LogP contribution in [-0.4, -0.2) is 15.4 Å². The summed E-state index contributed by atoms with van der Waals surface area (Å²) in [4.78, 5) is 1.96. The number of ether oxygens (including phenoxy) is 1. The minimum atomic E-state index is -0.155. The number of rotatable bonds is 19. The topological polar surface area (TPSA) is 59.7 Å². The molecule has 53 heavy (non-hydrogen) atoms. The van der Waals surface area contributed by atoms with E-state index in [0.29, 0.717) is 17.4 Å². The molecule has 0 aliphatic heterocycles. The lowest BCUT2D eigenvalue weighted by atomic mass is 9.92. The second-order valence-corrected chi connectivity index (χ2v) is 15.6. The Morgan fingerprint density at radius 3 is 1.87 bits per heavy atom. The lowest BCUT2D eigenvalue weighted by molar-refractivity contribution is 0.233. The number of azo groups is 1. The van der Waals surface area contributed by atoms with Gasteiger partial charge in [-0.05, 0) is 96.8 Å². The van der Waals surface area contributed by atoms with Crippen molar-refractivity contribution >= 4 is 45.5 Å². The van der Waals surface area contributed by atoms with Gasteiger partial charge in [0.25, 0.3) is 0 Å². The Balaban J connectivity index is 1.10. The van der Waals surface area contributed by atoms with Crippen LogP contribution in [0.3, 0.4) is 0 Å². The smallest absolute Gasteiger partial charge is 0.132 e. The van der Waals surface area contributed by atoms with Gasteiger partial charge in [-0.25, -0.2) is 4.39 Å². The molecule has 2 unspecified atom stereocenters. The molecule has 0 fully saturated rings. The number of nitrogens with zero attached hydrogens (tertiary/aromatic N) is 4. The number of thiophene rings is 1. The molecule has 0 bridgehead atoms. The average molecular weight is 747 g/mol. The van der Waals surface area contributed by atoms with Crippen molar-refractivity contribution in [3.63, 3.8) is 0 Å². The fraction of sp³-hybridized carbons (Fsp3) is 0.378. The van der Waals surface area contributed by atoms with E-state index in [1.807, 2.05) is 60.7 Å². The van der Waals surface area contributed by atoms with Crippen LogP contribution < -0.4 is 4.74 Å². The van der Waals surface area contributed by atoms with E-state index in [4.69, 9.17) is 13.5 Å². The summed E-state index contributed by atoms with van der Waals surface area (Å²) in [6.45, 7) is 9.72. The maximum absolute atomic E-state index is 15.4. The van der Waals surface area contributed by atoms with Crippen molar-refractivity contribution in [2.24, 2.45) is 22.1 Å². The summed E-state index contributed by atoms with van der Waals surface area (Å²) in [6, 6.07) is 29.9. The van der Waals surface area contributed by atoms with Crippen molar-refractivity contribution in [2.45, 2.75) is 91.9 Å². The van der Waals surface area contributed by atoms with Crippen LogP contribution in [0.4, 0.5) is 15.8 Å². The third kappa shape index (κ3) is 10.0. The van der Waals surface area contributed by atoms with Crippen LogP contribution in [0.2, 0.25) is 0 Å². The number of halogens is 1. The van der Waals surface area contributed by atoms with Crippen LogP contribution in [0.5, 0.6) is 5.75 Å². The Morgan fingerprint density at radius 1 is 0.642 bits per heavy atom. The number of aromatic nitrogens is 2. The van der Waals surface area contributed by atoms with Crippen LogP contribution in [0, 0.1) is 17.7 Å². The summed E-state index contributed by atoms with van der Waals surface area (Å²) in [5.41, 5.74) is 8.03. The summed E-state index contributed by atoms with van der Waals surface area (Å²) in [5.74, 6) is 2.02. The molecule has 0 N–H and O–H groups in total. The van der Waals surface area contributed by atoms with Gasteiger partial charge < -0.3 is 4.74 Å². The molecular weight excluding hydrogens is 696 g/mol. The van der Waals surface area contributed by atoms with Gasteiger partial charge in [-0.2, -0.15) is 19.0 Å². The van der Waals surface area contributed by atoms with Crippen molar-refractivity contribution in [1.29, 1.82) is 0 Å². The Bertz CT molecular complexity index is 2070. The van der Waals surface area contributed by atoms with E-state index in [1.165, 1.54) is 56.7 Å². The van der Waals surface area contributed by atoms with E-state index in [-0.39, 0.29) is 5.82 Å². The SMILES string of the molecule is CCCCC(CC)CCc1ccc(-c2ccc(-c3ccc(-c4ccc(N=Nc5ccc(OCC(CC)CCCC)cc5)cc4)c4nsnc34)s2)c(F)c1. The van der Waals surface area contributed by atoms with Gasteiger partial charge in [-0.15, -0.1) is 11.3 Å². The fourth-order valence-corrected chi connectivity index (χ4v) is 8.43. The number of hydrogen-bond acceptors (Lipinski definition) is 7. The number of fused-ring (bicyclic) bond motifs is 1. The average Bonchev–Trinajstić information content (AvgIpc) is 3.89. The zero-order valence-corrected chi connectivity index (χ0v) is 33.1. The molecule has 6 aromatic rings. The van der Waals surface area contributed by atoms with E-state index in [1.54, 1.807) is 17.4 Å². The number of hydrogen-bond donors (Lipinski definition) is 0. The number of unbranched alkanes of at least 4 members (excludes halogenated alkanes) is 2. The maximum atomic E-state index is 15.4. The number of benzene rings is 4. The molecule has 4 aromatic carbocycles. The van der Waals surface area contributed by atoms with Crippen LogP contribution in [0.1, 0.15) is 91.0 Å². The molecule has 2 aromatic heterocycles. The highest BCUT2D eigenvalue weighted by Gasteiger charge is 2.17. The van der Waals surface area contributed by atoms with Gasteiger partial charge >= 0.3 is 0 Å². The van der Waals surface area contributed by atoms with Crippen LogP contribution in [0.25, 0.3) is 43.0 Å². The fourth-order valence-electron chi connectivity index (χ4n) is 6.80. The lowest BCUT2D eigenvalue weighted by Crippen LogP contribution is -2.11. The standard InChI is InChI=1S/C45H51FN4OS2/c1-5-9-11-31(7-3)13-14-33-15-24-39(41(46)29-33)42-27-28-43(52-42)40-26-25-38(44-45(40)50-53-49-44)34-16-18-35(19-17-34)47-48-36-20-22-37(23-21-36)51-30-32(8-4)12-10-6-2/h15-29,31-32H,5-14,30H2,1-4H3. The van der Waals surface area contributed by atoms with Gasteiger partial charge in [0.1, 0.15) is 22.6 Å². The molecule has 0 spiro atoms. The molecular formula is C45H51FN4OS2. The van der Waals surface area contributed by atoms with Crippen LogP contribution >= 0.6 is 23.1 Å². The minimum absolute atomic E-state index is 0.155. The molecule has 5 nitrogen and oxygen atoms in total. The third-order valence-electron chi connectivity index (χ3n) is 10.3. The zero-order chi connectivity index (χ0) is 37.0. The van der Waals surface area contributed by atoms with Gasteiger partial charge in [0.05, 0.1) is 29.7 Å². The van der Waals surface area contributed by atoms with E-state index in [9.17, 15) is 0 Å². The Morgan fingerprint density at radius 2 is 1.23 bits per heavy atom. The summed E-state index contributed by atoms with van der Waals surface area (Å²) < 4.78 is 30.9. The Labute approximate surface area is 322 Å². The molecule has 0 aliphatic carbocycles. The largest absolute Gasteiger partial charge is 0.493 e. The molecule has 6 rings (SSSR count). The number of aryl methyl sites for hydroxylation is 1. The van der Waals surface area contributed by atoms with Crippen molar-refractivity contribution in [1.82, 2.24) is 8.75 Å². The van der Waals surface area contributed by atoms with Gasteiger partial charge in [-0.3, -0.25) is 0 Å². The van der Waals surface area contributed by atoms with Crippen molar-refractivity contribution in [2.75, 3.05) is 6.61 Å². The quantitative estimate of drug-likeness (QED) is 0.0776. The monoisotopic (exact) mass is 746 g/mol. The second-order valence-electron chi connectivity index (χ2n) is 14.0. The summed E-state index contributed by atoms with van der Waals surface area (Å²) in [7, 11) is 0. The van der Waals surface area contributed by atoms with Gasteiger partial charge in [0, 0.05) is 26.4 Å². The van der Waals surface area contributed by atoms with Crippen molar-refractivity contribution in [3.05, 3.63) is 102 Å². The Hall–Kier alpha value is -4.27. The van der Waals surface area contributed by atoms with Gasteiger partial charge in [-0.1, -0.05) is 109 Å². The van der Waals surface area contributed by atoms with Gasteiger partial charge in [0.15, 0.2) is 0 Å². The molecule has 2 atom stereocenters. The van der Waals surface area contributed by atoms with E-state index < -0.39 is 0 Å². The van der Waals surface area contributed by atoms with Crippen LogP contribution in [0.15, 0.2) is 101 Å². The molecule has 0 saturated heterocycles. The highest BCUT2D eigenvalue weighted by Crippen LogP contribution is 2.41. The summed E-state index contributed by atoms with van der Waals surface area (Å²) >= 11 is 2.80. The normalized spacial score (nSPS) is 12.8. The Kier molecular flexibility index (Phi) is 13.9. The first kappa shape index (κ1) is 38.5. The molecule has 2 heterocycles. The zero-order valence-electron chi connectivity index (χ0n) is 31.5. The predicted octanol–water partition coefficient (Wildman–Crippen LogP) is 15.1. The molecule has 276 valence electrons. The molecule has 0 aliphatic rings. The molecule has 8 heteroatoms. The van der Waals surface area contributed by atoms with E-state index in [2.05, 4.69) is 62.2 Å². The second kappa shape index (κ2) is 19.2. The summed E-state index contributed by atoms with van der Waals surface area (Å²) in [6.07, 6.45) is 11.8. The summed E-state index contributed by atoms with van der Waals surface area (Å²) in [5, 5.41) is 8.91. The first-order valence-corrected chi connectivity index (χ1v) is 20.9. The van der Waals surface area contributed by atoms with Crippen molar-refractivity contribution < 1.29 is 9.13 Å². The maximum Gasteiger partial charge on any atom is 0.132 e. The van der Waals surface area contributed by atoms with Crippen LogP contribution in [-0.2, 0) is 6.42 Å². The first-order chi connectivity index (χ1) is 26.0. The van der Waals surface area contributed by atoms with Crippen molar-refractivity contribution in [3.8, 4) is 37.8 Å². The highest BCUT2D eigenvalue weighted by molar-refractivity contribution is 7.19. The third-order valence-corrected chi connectivity index (χ3v) is 12.0. The highest BCUT2D eigenvalue weighted by atomic mass is 32.1. The first-order valence-electron chi connectivity index (χ1n) is 19.4. The lowest BCUT2D eigenvalue weighted by Gasteiger charge is -2.15. The molecule has 0 saturated carbocycles. The minimum Gasteiger partial charge on any atom is -0.493 e. The predicted molar refractivity (Wildman–Crippen MR) is 223 cm³/mol. The van der Waals surface area contributed by atoms with Gasteiger partial charge in [0.2, 0.25) is 0 Å². The molecule has 0 amide bonds. The molecule has 0 radical (unpaired) electrons. The van der Waals surface area contributed by atoms with E-state index in [0.717, 1.165) is 86.0 Å². The van der Waals surface area contributed by atoms with E-state index >= 15 is 4.39 Å².